The van der Waals surface area contributed by atoms with Crippen molar-refractivity contribution in [3.8, 4) is 0 Å². The third-order valence-electron chi connectivity index (χ3n) is 5.09. The van der Waals surface area contributed by atoms with E-state index in [4.69, 9.17) is 11.6 Å². The van der Waals surface area contributed by atoms with Crippen LogP contribution in [0.4, 0.5) is 28.8 Å². The summed E-state index contributed by atoms with van der Waals surface area (Å²) >= 11 is 5.96. The molecule has 0 fully saturated rings. The Bertz CT molecular complexity index is 1450. The van der Waals surface area contributed by atoms with E-state index in [9.17, 15) is 4.79 Å². The molecule has 34 heavy (non-hydrogen) atoms. The third-order valence-corrected chi connectivity index (χ3v) is 5.32. The van der Waals surface area contributed by atoms with Crippen LogP contribution in [0.25, 0.3) is 10.9 Å². The predicted octanol–water partition coefficient (Wildman–Crippen LogP) is 5.67. The second kappa shape index (κ2) is 9.60. The van der Waals surface area contributed by atoms with Gasteiger partial charge in [-0.25, -0.2) is 4.98 Å². The van der Waals surface area contributed by atoms with Gasteiger partial charge in [-0.2, -0.15) is 10.1 Å². The summed E-state index contributed by atoms with van der Waals surface area (Å²) in [6.45, 7) is 0. The fraction of sp³-hybridized carbons (Fsp3) is 0.0400. The summed E-state index contributed by atoms with van der Waals surface area (Å²) in [4.78, 5) is 21.2. The molecule has 2 aromatic heterocycles. The zero-order valence-corrected chi connectivity index (χ0v) is 18.7. The Labute approximate surface area is 200 Å². The van der Waals surface area contributed by atoms with Crippen LogP contribution in [-0.2, 0) is 11.2 Å². The van der Waals surface area contributed by atoms with E-state index in [1.807, 2.05) is 42.5 Å². The van der Waals surface area contributed by atoms with Crippen LogP contribution in [-0.4, -0.2) is 26.1 Å². The standard InChI is InChI=1S/C25H20ClN7O/c26-17-3-1-4-19(14-17)29-24(34)13-16-7-9-18(10-8-16)30-25-27-12-11-23(32-25)31-21-5-2-6-22-20(21)15-28-33-22/h1-12,14-15H,13H2,(H,28,33)(H,29,34)(H2,27,30,31,32). The number of halogens is 1. The van der Waals surface area contributed by atoms with Crippen LogP contribution < -0.4 is 16.0 Å². The third kappa shape index (κ3) is 5.13. The molecule has 5 aromatic rings. The lowest BCUT2D eigenvalue weighted by molar-refractivity contribution is -0.115. The Balaban J connectivity index is 1.22. The molecule has 0 aliphatic carbocycles. The van der Waals surface area contributed by atoms with Gasteiger partial charge in [0.05, 0.1) is 23.8 Å². The molecule has 0 spiro atoms. The number of rotatable bonds is 7. The second-order valence-electron chi connectivity index (χ2n) is 7.58. The first-order valence-corrected chi connectivity index (χ1v) is 10.9. The Morgan fingerprint density at radius 2 is 1.79 bits per heavy atom. The number of anilines is 5. The maximum absolute atomic E-state index is 12.3. The fourth-order valence-electron chi connectivity index (χ4n) is 3.50. The van der Waals surface area contributed by atoms with Crippen molar-refractivity contribution >= 4 is 57.2 Å². The maximum Gasteiger partial charge on any atom is 0.229 e. The van der Waals surface area contributed by atoms with E-state index in [1.54, 1.807) is 42.7 Å². The van der Waals surface area contributed by atoms with Crippen molar-refractivity contribution < 1.29 is 4.79 Å². The van der Waals surface area contributed by atoms with Crippen LogP contribution in [0.2, 0.25) is 5.02 Å². The van der Waals surface area contributed by atoms with Crippen molar-refractivity contribution in [1.82, 2.24) is 20.2 Å². The lowest BCUT2D eigenvalue weighted by Crippen LogP contribution is -2.14. The number of nitrogens with zero attached hydrogens (tertiary/aromatic N) is 3. The number of H-pyrrole nitrogens is 1. The van der Waals surface area contributed by atoms with Gasteiger partial charge in [0.15, 0.2) is 0 Å². The maximum atomic E-state index is 12.3. The minimum Gasteiger partial charge on any atom is -0.339 e. The summed E-state index contributed by atoms with van der Waals surface area (Å²) in [5.74, 6) is 0.994. The Morgan fingerprint density at radius 1 is 0.941 bits per heavy atom. The highest BCUT2D eigenvalue weighted by molar-refractivity contribution is 6.30. The predicted molar refractivity (Wildman–Crippen MR) is 135 cm³/mol. The Kier molecular flexibility index (Phi) is 6.05. The fourth-order valence-corrected chi connectivity index (χ4v) is 3.69. The average molecular weight is 470 g/mol. The van der Waals surface area contributed by atoms with Gasteiger partial charge in [-0.1, -0.05) is 35.9 Å². The largest absolute Gasteiger partial charge is 0.339 e. The number of carbonyl (C=O) groups excluding carboxylic acids is 1. The smallest absolute Gasteiger partial charge is 0.229 e. The summed E-state index contributed by atoms with van der Waals surface area (Å²) < 4.78 is 0. The summed E-state index contributed by atoms with van der Waals surface area (Å²) in [6, 6.07) is 22.3. The van der Waals surface area contributed by atoms with Crippen molar-refractivity contribution in [3.05, 3.63) is 95.8 Å². The molecule has 8 nitrogen and oxygen atoms in total. The molecule has 2 heterocycles. The second-order valence-corrected chi connectivity index (χ2v) is 8.02. The van der Waals surface area contributed by atoms with Gasteiger partial charge in [0.1, 0.15) is 5.82 Å². The van der Waals surface area contributed by atoms with Gasteiger partial charge in [0.2, 0.25) is 11.9 Å². The van der Waals surface area contributed by atoms with Gasteiger partial charge in [-0.3, -0.25) is 9.89 Å². The summed E-state index contributed by atoms with van der Waals surface area (Å²) in [5.41, 5.74) is 4.21. The van der Waals surface area contributed by atoms with Crippen LogP contribution >= 0.6 is 11.6 Å². The molecule has 0 unspecified atom stereocenters. The van der Waals surface area contributed by atoms with Gasteiger partial charge in [-0.05, 0) is 54.1 Å². The molecular formula is C25H20ClN7O. The first kappa shape index (κ1) is 21.4. The van der Waals surface area contributed by atoms with Crippen molar-refractivity contribution in [2.24, 2.45) is 0 Å². The highest BCUT2D eigenvalue weighted by atomic mass is 35.5. The van der Waals surface area contributed by atoms with Gasteiger partial charge < -0.3 is 16.0 Å². The number of amides is 1. The van der Waals surface area contributed by atoms with E-state index < -0.39 is 0 Å². The number of aromatic nitrogens is 4. The van der Waals surface area contributed by atoms with Crippen LogP contribution in [0, 0.1) is 0 Å². The van der Waals surface area contributed by atoms with Crippen molar-refractivity contribution in [2.45, 2.75) is 6.42 Å². The molecule has 0 aliphatic heterocycles. The van der Waals surface area contributed by atoms with Crippen LogP contribution in [0.1, 0.15) is 5.56 Å². The molecule has 0 saturated heterocycles. The highest BCUT2D eigenvalue weighted by Gasteiger charge is 2.07. The number of hydrogen-bond acceptors (Lipinski definition) is 6. The summed E-state index contributed by atoms with van der Waals surface area (Å²) in [7, 11) is 0. The number of fused-ring (bicyclic) bond motifs is 1. The molecule has 0 saturated carbocycles. The van der Waals surface area contributed by atoms with Crippen molar-refractivity contribution in [3.63, 3.8) is 0 Å². The SMILES string of the molecule is O=C(Cc1ccc(Nc2nccc(Nc3cccc4[nH]ncc34)n2)cc1)Nc1cccc(Cl)c1. The van der Waals surface area contributed by atoms with Gasteiger partial charge in [-0.15, -0.1) is 0 Å². The van der Waals surface area contributed by atoms with E-state index in [0.717, 1.165) is 27.8 Å². The van der Waals surface area contributed by atoms with E-state index in [2.05, 4.69) is 36.1 Å². The molecule has 4 N–H and O–H groups in total. The first-order valence-electron chi connectivity index (χ1n) is 10.6. The van der Waals surface area contributed by atoms with Crippen LogP contribution in [0.3, 0.4) is 0 Å². The minimum atomic E-state index is -0.113. The minimum absolute atomic E-state index is 0.113. The van der Waals surface area contributed by atoms with Gasteiger partial charge >= 0.3 is 0 Å². The van der Waals surface area contributed by atoms with E-state index in [0.29, 0.717) is 22.5 Å². The zero-order valence-electron chi connectivity index (χ0n) is 17.9. The molecule has 5 rings (SSSR count). The van der Waals surface area contributed by atoms with Gasteiger partial charge in [0.25, 0.3) is 0 Å². The molecule has 0 aliphatic rings. The highest BCUT2D eigenvalue weighted by Crippen LogP contribution is 2.25. The number of nitrogens with one attached hydrogen (secondary N) is 4. The number of carbonyl (C=O) groups is 1. The molecule has 168 valence electrons. The van der Waals surface area contributed by atoms with Crippen LogP contribution in [0.5, 0.6) is 0 Å². The molecule has 0 radical (unpaired) electrons. The average Bonchev–Trinajstić information content (AvgIpc) is 3.31. The number of aromatic amines is 1. The molecular weight excluding hydrogens is 450 g/mol. The molecule has 0 atom stereocenters. The Morgan fingerprint density at radius 3 is 2.65 bits per heavy atom. The van der Waals surface area contributed by atoms with E-state index in [1.165, 1.54) is 0 Å². The topological polar surface area (TPSA) is 108 Å². The van der Waals surface area contributed by atoms with Gasteiger partial charge in [0, 0.05) is 28.0 Å². The molecule has 1 amide bonds. The lowest BCUT2D eigenvalue weighted by Gasteiger charge is -2.10. The monoisotopic (exact) mass is 469 g/mol. The Hall–Kier alpha value is -4.43. The summed E-state index contributed by atoms with van der Waals surface area (Å²) in [6.07, 6.45) is 3.71. The lowest BCUT2D eigenvalue weighted by atomic mass is 10.1. The number of benzene rings is 3. The quantitative estimate of drug-likeness (QED) is 0.244. The first-order chi connectivity index (χ1) is 16.6. The zero-order chi connectivity index (χ0) is 23.3. The normalized spacial score (nSPS) is 10.7. The van der Waals surface area contributed by atoms with E-state index in [-0.39, 0.29) is 12.3 Å². The van der Waals surface area contributed by atoms with Crippen molar-refractivity contribution in [2.75, 3.05) is 16.0 Å². The van der Waals surface area contributed by atoms with Crippen LogP contribution in [0.15, 0.2) is 85.2 Å². The summed E-state index contributed by atoms with van der Waals surface area (Å²) in [5, 5.41) is 17.9. The molecule has 3 aromatic carbocycles. The molecule has 0 bridgehead atoms. The van der Waals surface area contributed by atoms with Crippen molar-refractivity contribution in [1.29, 1.82) is 0 Å². The van der Waals surface area contributed by atoms with E-state index >= 15 is 0 Å². The molecule has 9 heteroatoms. The number of hydrogen-bond donors (Lipinski definition) is 4.